The van der Waals surface area contributed by atoms with E-state index in [9.17, 15) is 18.0 Å². The summed E-state index contributed by atoms with van der Waals surface area (Å²) >= 11 is 0. The van der Waals surface area contributed by atoms with Crippen molar-refractivity contribution in [1.82, 2.24) is 0 Å². The molecule has 26 heavy (non-hydrogen) atoms. The van der Waals surface area contributed by atoms with E-state index in [0.717, 1.165) is 12.1 Å². The van der Waals surface area contributed by atoms with Crippen LogP contribution >= 0.6 is 0 Å². The second-order valence-corrected chi connectivity index (χ2v) is 6.76. The number of ether oxygens (including phenoxy) is 3. The zero-order chi connectivity index (χ0) is 18.9. The molecule has 1 atom stereocenters. The van der Waals surface area contributed by atoms with Crippen LogP contribution in [0.4, 0.5) is 5.69 Å². The summed E-state index contributed by atoms with van der Waals surface area (Å²) in [5.41, 5.74) is 0.427. The third-order valence-corrected chi connectivity index (χ3v) is 4.14. The van der Waals surface area contributed by atoms with Crippen LogP contribution in [0.25, 0.3) is 0 Å². The number of nitrogens with two attached hydrogens (primary N) is 1. The van der Waals surface area contributed by atoms with Gasteiger partial charge >= 0.3 is 5.97 Å². The Morgan fingerprint density at radius 2 is 1.92 bits per heavy atom. The molecule has 0 radical (unpaired) electrons. The summed E-state index contributed by atoms with van der Waals surface area (Å²) in [7, 11) is -4.08. The molecular formula is C15H14N2O8S. The quantitative estimate of drug-likeness (QED) is 0.723. The van der Waals surface area contributed by atoms with Crippen LogP contribution in [0.1, 0.15) is 17.5 Å². The van der Waals surface area contributed by atoms with Crippen molar-refractivity contribution >= 4 is 27.6 Å². The SMILES string of the molecule is CC(OC(=O)c1ccc(S(N)(=O)=O)o1)C(=O)Nc1ccc2c(c1)OCO2. The molecule has 11 heteroatoms. The normalized spacial score (nSPS) is 13.9. The van der Waals surface area contributed by atoms with E-state index in [0.29, 0.717) is 17.2 Å². The largest absolute Gasteiger partial charge is 0.454 e. The molecule has 1 aromatic carbocycles. The molecule has 2 heterocycles. The van der Waals surface area contributed by atoms with Gasteiger partial charge in [-0.2, -0.15) is 0 Å². The fourth-order valence-electron chi connectivity index (χ4n) is 2.07. The van der Waals surface area contributed by atoms with Gasteiger partial charge in [0.05, 0.1) is 0 Å². The smallest absolute Gasteiger partial charge is 0.375 e. The Morgan fingerprint density at radius 1 is 1.19 bits per heavy atom. The van der Waals surface area contributed by atoms with Gasteiger partial charge < -0.3 is 23.9 Å². The third-order valence-electron chi connectivity index (χ3n) is 3.36. The summed E-state index contributed by atoms with van der Waals surface area (Å²) in [6.07, 6.45) is -1.17. The van der Waals surface area contributed by atoms with Gasteiger partial charge in [-0.25, -0.2) is 18.4 Å². The van der Waals surface area contributed by atoms with E-state index in [1.54, 1.807) is 18.2 Å². The highest BCUT2D eigenvalue weighted by molar-refractivity contribution is 7.89. The number of esters is 1. The van der Waals surface area contributed by atoms with Gasteiger partial charge in [0.25, 0.3) is 15.9 Å². The van der Waals surface area contributed by atoms with Gasteiger partial charge in [-0.1, -0.05) is 0 Å². The van der Waals surface area contributed by atoms with Crippen LogP contribution in [-0.4, -0.2) is 33.2 Å². The maximum Gasteiger partial charge on any atom is 0.375 e. The van der Waals surface area contributed by atoms with Crippen molar-refractivity contribution in [3.05, 3.63) is 36.1 Å². The number of hydrogen-bond donors (Lipinski definition) is 2. The number of furan rings is 1. The van der Waals surface area contributed by atoms with Gasteiger partial charge in [0, 0.05) is 11.8 Å². The van der Waals surface area contributed by atoms with E-state index in [-0.39, 0.29) is 6.79 Å². The summed E-state index contributed by atoms with van der Waals surface area (Å²) in [6, 6.07) is 6.91. The summed E-state index contributed by atoms with van der Waals surface area (Å²) in [4.78, 5) is 24.1. The predicted octanol–water partition coefficient (Wildman–Crippen LogP) is 0.840. The molecule has 1 amide bonds. The zero-order valence-corrected chi connectivity index (χ0v) is 14.2. The first-order valence-corrected chi connectivity index (χ1v) is 8.83. The van der Waals surface area contributed by atoms with E-state index in [1.807, 2.05) is 0 Å². The molecule has 0 saturated carbocycles. The Hall–Kier alpha value is -3.05. The number of amides is 1. The fraction of sp³-hybridized carbons (Fsp3) is 0.200. The molecule has 0 fully saturated rings. The lowest BCUT2D eigenvalue weighted by atomic mass is 10.2. The molecule has 1 aliphatic rings. The Bertz CT molecular complexity index is 966. The molecule has 1 aliphatic heterocycles. The minimum atomic E-state index is -4.08. The van der Waals surface area contributed by atoms with Crippen LogP contribution in [0.15, 0.2) is 39.8 Å². The Balaban J connectivity index is 1.62. The topological polar surface area (TPSA) is 147 Å². The Kier molecular flexibility index (Phi) is 4.57. The number of benzene rings is 1. The molecule has 0 aliphatic carbocycles. The number of nitrogens with one attached hydrogen (secondary N) is 1. The molecule has 10 nitrogen and oxygen atoms in total. The van der Waals surface area contributed by atoms with Gasteiger partial charge in [0.2, 0.25) is 17.6 Å². The maximum absolute atomic E-state index is 12.1. The standard InChI is InChI=1S/C15H14N2O8S/c1-8(24-15(19)11-4-5-13(25-11)26(16,20)21)14(18)17-9-2-3-10-12(6-9)23-7-22-10/h2-6,8H,7H2,1H3,(H,17,18)(H2,16,20,21). The first-order chi connectivity index (χ1) is 12.2. The van der Waals surface area contributed by atoms with Crippen LogP contribution in [0.2, 0.25) is 0 Å². The van der Waals surface area contributed by atoms with Crippen LogP contribution in [0.3, 0.4) is 0 Å². The number of carbonyl (C=O) groups is 2. The number of hydrogen-bond acceptors (Lipinski definition) is 8. The number of rotatable bonds is 5. The number of sulfonamides is 1. The van der Waals surface area contributed by atoms with Gasteiger partial charge in [-0.3, -0.25) is 4.79 Å². The summed E-state index contributed by atoms with van der Waals surface area (Å²) in [5.74, 6) is -0.954. The number of fused-ring (bicyclic) bond motifs is 1. The van der Waals surface area contributed by atoms with Crippen molar-refractivity contribution in [3.8, 4) is 11.5 Å². The van der Waals surface area contributed by atoms with Crippen molar-refractivity contribution in [2.75, 3.05) is 12.1 Å². The lowest BCUT2D eigenvalue weighted by molar-refractivity contribution is -0.123. The van der Waals surface area contributed by atoms with Gasteiger partial charge in [0.15, 0.2) is 17.6 Å². The van der Waals surface area contributed by atoms with Gasteiger partial charge in [-0.05, 0) is 31.2 Å². The summed E-state index contributed by atoms with van der Waals surface area (Å²) in [5, 5.41) is 6.87. The summed E-state index contributed by atoms with van der Waals surface area (Å²) < 4.78 is 42.4. The van der Waals surface area contributed by atoms with E-state index >= 15 is 0 Å². The lowest BCUT2D eigenvalue weighted by Crippen LogP contribution is -2.29. The van der Waals surface area contributed by atoms with Crippen molar-refractivity contribution in [2.45, 2.75) is 18.1 Å². The van der Waals surface area contributed by atoms with Gasteiger partial charge in [-0.15, -0.1) is 0 Å². The van der Waals surface area contributed by atoms with Crippen molar-refractivity contribution in [1.29, 1.82) is 0 Å². The Morgan fingerprint density at radius 3 is 2.62 bits per heavy atom. The van der Waals surface area contributed by atoms with Crippen molar-refractivity contribution in [3.63, 3.8) is 0 Å². The third kappa shape index (κ3) is 3.78. The number of anilines is 1. The minimum Gasteiger partial charge on any atom is -0.454 e. The van der Waals surface area contributed by atoms with E-state index in [2.05, 4.69) is 5.32 Å². The molecule has 0 spiro atoms. The molecule has 1 aromatic heterocycles. The highest BCUT2D eigenvalue weighted by Crippen LogP contribution is 2.34. The van der Waals surface area contributed by atoms with Gasteiger partial charge in [0.1, 0.15) is 0 Å². The molecule has 1 unspecified atom stereocenters. The second kappa shape index (κ2) is 6.69. The van der Waals surface area contributed by atoms with E-state index in [4.69, 9.17) is 23.8 Å². The fourth-order valence-corrected chi connectivity index (χ4v) is 2.54. The number of carbonyl (C=O) groups excluding carboxylic acids is 2. The minimum absolute atomic E-state index is 0.102. The molecule has 0 saturated heterocycles. The van der Waals surface area contributed by atoms with E-state index in [1.165, 1.54) is 6.92 Å². The van der Waals surface area contributed by atoms with Crippen LogP contribution in [0, 0.1) is 0 Å². The monoisotopic (exact) mass is 382 g/mol. The average molecular weight is 382 g/mol. The summed E-state index contributed by atoms with van der Waals surface area (Å²) in [6.45, 7) is 1.45. The molecule has 3 N–H and O–H groups in total. The molecule has 0 bridgehead atoms. The second-order valence-electron chi connectivity index (χ2n) is 5.27. The zero-order valence-electron chi connectivity index (χ0n) is 13.4. The predicted molar refractivity (Wildman–Crippen MR) is 86.2 cm³/mol. The average Bonchev–Trinajstić information content (AvgIpc) is 3.23. The highest BCUT2D eigenvalue weighted by Gasteiger charge is 2.24. The first-order valence-electron chi connectivity index (χ1n) is 7.28. The first kappa shape index (κ1) is 17.8. The highest BCUT2D eigenvalue weighted by atomic mass is 32.2. The van der Waals surface area contributed by atoms with Crippen molar-refractivity contribution < 1.29 is 36.6 Å². The molecule has 138 valence electrons. The van der Waals surface area contributed by atoms with Crippen LogP contribution < -0.4 is 19.9 Å². The Labute approximate surface area is 147 Å². The number of primary sulfonamides is 1. The van der Waals surface area contributed by atoms with Crippen LogP contribution in [-0.2, 0) is 19.6 Å². The molecule has 3 rings (SSSR count). The molecular weight excluding hydrogens is 368 g/mol. The van der Waals surface area contributed by atoms with E-state index < -0.39 is 38.9 Å². The van der Waals surface area contributed by atoms with Crippen molar-refractivity contribution in [2.24, 2.45) is 5.14 Å². The maximum atomic E-state index is 12.1. The van der Waals surface area contributed by atoms with Crippen LogP contribution in [0.5, 0.6) is 11.5 Å². The molecule has 2 aromatic rings. The lowest BCUT2D eigenvalue weighted by Gasteiger charge is -2.13.